The van der Waals surface area contributed by atoms with E-state index in [4.69, 9.17) is 0 Å². The molecule has 1 aromatic heterocycles. The van der Waals surface area contributed by atoms with Crippen LogP contribution in [0.2, 0.25) is 0 Å². The molecule has 4 aliphatic rings. The standard InChI is InChI=1S/C24H25F2N5O4/c1-12-17(33)11-31(12)21-27-18(15-5-7-24(25,26)19(15)28-21)14-2-3-16-13(10-14)4-6-23(16)20(34)30(8-9-32)22(35)29-23/h2-3,10,12,17,32-33H,4-9,11H2,1H3,(H,29,35)/t12-,17+,23-/m0/s1. The summed E-state index contributed by atoms with van der Waals surface area (Å²) in [5.41, 5.74) is 1.58. The lowest BCUT2D eigenvalue weighted by molar-refractivity contribution is -0.131. The highest BCUT2D eigenvalue weighted by Crippen LogP contribution is 2.47. The molecule has 0 unspecified atom stereocenters. The molecule has 3 N–H and O–H groups in total. The van der Waals surface area contributed by atoms with Crippen molar-refractivity contribution in [1.29, 1.82) is 0 Å². The number of aromatic nitrogens is 2. The number of nitrogens with zero attached hydrogens (tertiary/aromatic N) is 4. The molecule has 184 valence electrons. The van der Waals surface area contributed by atoms with E-state index in [-0.39, 0.29) is 50.2 Å². The van der Waals surface area contributed by atoms with Crippen molar-refractivity contribution in [1.82, 2.24) is 20.2 Å². The molecule has 3 heterocycles. The van der Waals surface area contributed by atoms with E-state index in [1.807, 2.05) is 6.07 Å². The van der Waals surface area contributed by atoms with Gasteiger partial charge in [-0.15, -0.1) is 0 Å². The Hall–Kier alpha value is -3.18. The van der Waals surface area contributed by atoms with Gasteiger partial charge in [-0.05, 0) is 43.4 Å². The summed E-state index contributed by atoms with van der Waals surface area (Å²) in [5, 5.41) is 21.9. The Kier molecular flexibility index (Phi) is 4.72. The van der Waals surface area contributed by atoms with Crippen LogP contribution in [0.15, 0.2) is 18.2 Å². The zero-order valence-corrected chi connectivity index (χ0v) is 19.1. The van der Waals surface area contributed by atoms with E-state index in [9.17, 15) is 28.6 Å². The molecular formula is C24H25F2N5O4. The average Bonchev–Trinajstić information content (AvgIpc) is 3.44. The number of amides is 3. The normalized spacial score (nSPS) is 28.4. The number of hydrogen-bond acceptors (Lipinski definition) is 7. The van der Waals surface area contributed by atoms with Gasteiger partial charge in [0.2, 0.25) is 5.95 Å². The number of benzene rings is 1. The quantitative estimate of drug-likeness (QED) is 0.561. The number of nitrogens with one attached hydrogen (secondary N) is 1. The molecule has 2 aromatic rings. The number of alkyl halides is 2. The van der Waals surface area contributed by atoms with Crippen molar-refractivity contribution in [3.63, 3.8) is 0 Å². The summed E-state index contributed by atoms with van der Waals surface area (Å²) in [4.78, 5) is 37.1. The number of urea groups is 1. The molecule has 3 atom stereocenters. The van der Waals surface area contributed by atoms with Gasteiger partial charge in [-0.3, -0.25) is 9.69 Å². The molecule has 2 fully saturated rings. The SMILES string of the molecule is C[C@H]1[C@H](O)CN1c1nc(-c2ccc3c(c2)CC[C@]32NC(=O)N(CCO)C2=O)c2c(n1)C(F)(F)CC2. The van der Waals surface area contributed by atoms with Crippen molar-refractivity contribution >= 4 is 17.9 Å². The van der Waals surface area contributed by atoms with Crippen LogP contribution in [0.25, 0.3) is 11.3 Å². The Bertz CT molecular complexity index is 1270. The molecule has 35 heavy (non-hydrogen) atoms. The van der Waals surface area contributed by atoms with E-state index in [0.717, 1.165) is 10.5 Å². The number of rotatable bonds is 4. The number of β-amino-alcohol motifs (C(OH)–C–C–N with tert-alkyl or cyclic N) is 2. The summed E-state index contributed by atoms with van der Waals surface area (Å²) >= 11 is 0. The largest absolute Gasteiger partial charge is 0.395 e. The maximum atomic E-state index is 14.7. The second-order valence-corrected chi connectivity index (χ2v) is 9.75. The number of halogens is 2. The summed E-state index contributed by atoms with van der Waals surface area (Å²) in [7, 11) is 0. The third-order valence-electron chi connectivity index (χ3n) is 7.83. The molecule has 0 saturated carbocycles. The average molecular weight is 485 g/mol. The number of anilines is 1. The molecule has 3 amide bonds. The van der Waals surface area contributed by atoms with E-state index >= 15 is 0 Å². The van der Waals surface area contributed by atoms with E-state index in [1.54, 1.807) is 24.0 Å². The van der Waals surface area contributed by atoms with E-state index in [1.165, 1.54) is 0 Å². The van der Waals surface area contributed by atoms with Gasteiger partial charge >= 0.3 is 6.03 Å². The van der Waals surface area contributed by atoms with Gasteiger partial charge in [0.15, 0.2) is 0 Å². The first-order chi connectivity index (χ1) is 16.7. The lowest BCUT2D eigenvalue weighted by Gasteiger charge is -2.43. The molecule has 2 saturated heterocycles. The lowest BCUT2D eigenvalue weighted by atomic mass is 9.90. The lowest BCUT2D eigenvalue weighted by Crippen LogP contribution is -2.59. The molecule has 0 radical (unpaired) electrons. The molecule has 9 nitrogen and oxygen atoms in total. The zero-order valence-electron chi connectivity index (χ0n) is 19.1. The Labute approximate surface area is 199 Å². The van der Waals surface area contributed by atoms with Crippen LogP contribution < -0.4 is 10.2 Å². The molecule has 1 aromatic carbocycles. The van der Waals surface area contributed by atoms with Crippen molar-refractivity contribution < 1.29 is 28.6 Å². The number of hydrogen-bond donors (Lipinski definition) is 3. The Balaban J connectivity index is 1.42. The second kappa shape index (κ2) is 7.41. The van der Waals surface area contributed by atoms with Crippen LogP contribution >= 0.6 is 0 Å². The smallest absolute Gasteiger partial charge is 0.325 e. The minimum atomic E-state index is -3.05. The van der Waals surface area contributed by atoms with E-state index in [2.05, 4.69) is 15.3 Å². The highest BCUT2D eigenvalue weighted by atomic mass is 19.3. The van der Waals surface area contributed by atoms with Gasteiger partial charge in [-0.1, -0.05) is 12.1 Å². The third-order valence-corrected chi connectivity index (χ3v) is 7.83. The van der Waals surface area contributed by atoms with Crippen LogP contribution in [0.4, 0.5) is 19.5 Å². The Morgan fingerprint density at radius 2 is 2.00 bits per heavy atom. The van der Waals surface area contributed by atoms with Gasteiger partial charge in [0.1, 0.15) is 11.2 Å². The van der Waals surface area contributed by atoms with Crippen molar-refractivity contribution in [2.45, 2.75) is 56.2 Å². The Morgan fingerprint density at radius 3 is 2.71 bits per heavy atom. The first-order valence-corrected chi connectivity index (χ1v) is 11.8. The van der Waals surface area contributed by atoms with Gasteiger partial charge in [-0.25, -0.2) is 14.8 Å². The number of carbonyl (C=O) groups excluding carboxylic acids is 2. The topological polar surface area (TPSA) is 119 Å². The van der Waals surface area contributed by atoms with Crippen molar-refractivity contribution in [3.8, 4) is 11.3 Å². The number of carbonyl (C=O) groups is 2. The molecule has 1 spiro atoms. The molecule has 2 aliphatic carbocycles. The fraction of sp³-hybridized carbons (Fsp3) is 0.500. The van der Waals surface area contributed by atoms with Crippen LogP contribution in [0.5, 0.6) is 0 Å². The molecule has 6 rings (SSSR count). The van der Waals surface area contributed by atoms with Crippen LogP contribution in [0.1, 0.15) is 42.1 Å². The second-order valence-electron chi connectivity index (χ2n) is 9.75. The summed E-state index contributed by atoms with van der Waals surface area (Å²) in [6.45, 7) is 1.68. The third kappa shape index (κ3) is 3.04. The maximum Gasteiger partial charge on any atom is 0.325 e. The van der Waals surface area contributed by atoms with Crippen LogP contribution in [0, 0.1) is 0 Å². The van der Waals surface area contributed by atoms with Gasteiger partial charge in [0.25, 0.3) is 11.8 Å². The van der Waals surface area contributed by atoms with Crippen LogP contribution in [-0.4, -0.2) is 68.9 Å². The number of fused-ring (bicyclic) bond motifs is 3. The summed E-state index contributed by atoms with van der Waals surface area (Å²) in [6.07, 6.45) is 0.167. The fourth-order valence-electron chi connectivity index (χ4n) is 5.74. The molecule has 2 aliphatic heterocycles. The first-order valence-electron chi connectivity index (χ1n) is 11.8. The van der Waals surface area contributed by atoms with Gasteiger partial charge in [-0.2, -0.15) is 8.78 Å². The van der Waals surface area contributed by atoms with E-state index < -0.39 is 29.5 Å². The number of aryl methyl sites for hydroxylation is 1. The minimum absolute atomic E-state index is 0.0759. The zero-order chi connectivity index (χ0) is 24.7. The number of aliphatic hydroxyl groups is 2. The minimum Gasteiger partial charge on any atom is -0.395 e. The fourth-order valence-corrected chi connectivity index (χ4v) is 5.74. The summed E-state index contributed by atoms with van der Waals surface area (Å²) < 4.78 is 29.4. The molecule has 11 heteroatoms. The van der Waals surface area contributed by atoms with Crippen molar-refractivity contribution in [3.05, 3.63) is 40.6 Å². The van der Waals surface area contributed by atoms with Gasteiger partial charge in [0, 0.05) is 24.1 Å². The number of aliphatic hydroxyl groups excluding tert-OH is 2. The number of imide groups is 1. The van der Waals surface area contributed by atoms with Crippen LogP contribution in [0.3, 0.4) is 0 Å². The first kappa shape index (κ1) is 22.3. The summed E-state index contributed by atoms with van der Waals surface area (Å²) in [6, 6.07) is 4.56. The predicted molar refractivity (Wildman–Crippen MR) is 120 cm³/mol. The Morgan fingerprint density at radius 1 is 1.20 bits per heavy atom. The predicted octanol–water partition coefficient (Wildman–Crippen LogP) is 1.44. The molecule has 0 bridgehead atoms. The van der Waals surface area contributed by atoms with Crippen molar-refractivity contribution in [2.24, 2.45) is 0 Å². The highest BCUT2D eigenvalue weighted by Gasteiger charge is 2.55. The van der Waals surface area contributed by atoms with Crippen molar-refractivity contribution in [2.75, 3.05) is 24.6 Å². The van der Waals surface area contributed by atoms with Crippen LogP contribution in [-0.2, 0) is 29.1 Å². The molecular weight excluding hydrogens is 460 g/mol. The highest BCUT2D eigenvalue weighted by molar-refractivity contribution is 6.08. The van der Waals surface area contributed by atoms with E-state index in [0.29, 0.717) is 35.2 Å². The maximum absolute atomic E-state index is 14.7. The summed E-state index contributed by atoms with van der Waals surface area (Å²) in [5.74, 6) is -3.27. The monoisotopic (exact) mass is 485 g/mol. The van der Waals surface area contributed by atoms with Gasteiger partial charge < -0.3 is 20.4 Å². The van der Waals surface area contributed by atoms with Gasteiger partial charge in [0.05, 0.1) is 31.0 Å².